The third-order valence-electron chi connectivity index (χ3n) is 3.82. The first kappa shape index (κ1) is 15.8. The third kappa shape index (κ3) is 3.15. The van der Waals surface area contributed by atoms with Crippen LogP contribution in [0.4, 0.5) is 0 Å². The number of benzene rings is 1. The van der Waals surface area contributed by atoms with Gasteiger partial charge in [-0.05, 0) is 36.8 Å². The minimum atomic E-state index is -0.343. The van der Waals surface area contributed by atoms with Crippen LogP contribution in [0.3, 0.4) is 0 Å². The van der Waals surface area contributed by atoms with Gasteiger partial charge in [0.1, 0.15) is 12.3 Å². The number of nitrogens with zero attached hydrogens (tertiary/aromatic N) is 3. The Balaban J connectivity index is 1.69. The van der Waals surface area contributed by atoms with Crippen LogP contribution in [0.1, 0.15) is 18.5 Å². The van der Waals surface area contributed by atoms with Gasteiger partial charge in [0.05, 0.1) is 24.9 Å². The van der Waals surface area contributed by atoms with Crippen molar-refractivity contribution in [2.24, 2.45) is 0 Å². The number of ether oxygens (including phenoxy) is 1. The molecule has 0 bridgehead atoms. The highest BCUT2D eigenvalue weighted by molar-refractivity contribution is 5.76. The number of nitrogens with one attached hydrogen (secondary N) is 1. The molecule has 0 spiro atoms. The van der Waals surface area contributed by atoms with Crippen LogP contribution in [-0.2, 0) is 11.3 Å². The van der Waals surface area contributed by atoms with Crippen molar-refractivity contribution in [2.45, 2.75) is 19.5 Å². The lowest BCUT2D eigenvalue weighted by atomic mass is 10.1. The summed E-state index contributed by atoms with van der Waals surface area (Å²) in [6.07, 6.45) is 3.20. The molecule has 1 amide bonds. The summed E-state index contributed by atoms with van der Waals surface area (Å²) in [6, 6.07) is 10.8. The maximum atomic E-state index is 12.2. The number of amides is 1. The second-order valence-electron chi connectivity index (χ2n) is 5.45. The van der Waals surface area contributed by atoms with Crippen molar-refractivity contribution in [3.63, 3.8) is 0 Å². The quantitative estimate of drug-likeness (QED) is 0.768. The first-order valence-corrected chi connectivity index (χ1v) is 7.55. The summed E-state index contributed by atoms with van der Waals surface area (Å²) in [6.45, 7) is 1.75. The van der Waals surface area contributed by atoms with Gasteiger partial charge < -0.3 is 10.1 Å². The van der Waals surface area contributed by atoms with Crippen molar-refractivity contribution in [2.75, 3.05) is 7.11 Å². The molecule has 2 heterocycles. The molecule has 124 valence electrons. The normalized spacial score (nSPS) is 12.1. The van der Waals surface area contributed by atoms with E-state index in [1.54, 1.807) is 31.6 Å². The lowest BCUT2D eigenvalue weighted by Crippen LogP contribution is -2.36. The predicted molar refractivity (Wildman–Crippen MR) is 89.0 cm³/mol. The number of methoxy groups -OCH3 is 1. The van der Waals surface area contributed by atoms with E-state index in [9.17, 15) is 9.59 Å². The first-order chi connectivity index (χ1) is 11.6. The molecule has 24 heavy (non-hydrogen) atoms. The van der Waals surface area contributed by atoms with Crippen molar-refractivity contribution < 1.29 is 9.53 Å². The Morgan fingerprint density at radius 2 is 2.04 bits per heavy atom. The fourth-order valence-electron chi connectivity index (χ4n) is 2.48. The zero-order valence-electron chi connectivity index (χ0n) is 13.5. The molecule has 1 N–H and O–H groups in total. The Hall–Kier alpha value is -3.09. The SMILES string of the molecule is COc1ccc(C(C)NC(=O)Cn2ncc3cccn3c2=O)cc1. The third-order valence-corrected chi connectivity index (χ3v) is 3.82. The summed E-state index contributed by atoms with van der Waals surface area (Å²) < 4.78 is 7.71. The summed E-state index contributed by atoms with van der Waals surface area (Å²) in [5, 5.41) is 6.89. The molecule has 0 saturated carbocycles. The average Bonchev–Trinajstić information content (AvgIpc) is 3.07. The fourth-order valence-corrected chi connectivity index (χ4v) is 2.48. The largest absolute Gasteiger partial charge is 0.497 e. The molecule has 0 aliphatic heterocycles. The van der Waals surface area contributed by atoms with E-state index in [-0.39, 0.29) is 24.2 Å². The van der Waals surface area contributed by atoms with Crippen molar-refractivity contribution in [1.82, 2.24) is 19.5 Å². The van der Waals surface area contributed by atoms with Crippen molar-refractivity contribution in [3.05, 3.63) is 64.8 Å². The Morgan fingerprint density at radius 3 is 2.75 bits per heavy atom. The van der Waals surface area contributed by atoms with Crippen molar-refractivity contribution in [1.29, 1.82) is 0 Å². The van der Waals surface area contributed by atoms with E-state index >= 15 is 0 Å². The van der Waals surface area contributed by atoms with Gasteiger partial charge in [-0.1, -0.05) is 12.1 Å². The van der Waals surface area contributed by atoms with E-state index < -0.39 is 0 Å². The van der Waals surface area contributed by atoms with Gasteiger partial charge in [-0.25, -0.2) is 9.48 Å². The Labute approximate surface area is 138 Å². The van der Waals surface area contributed by atoms with Crippen LogP contribution in [0, 0.1) is 0 Å². The molecule has 1 atom stereocenters. The van der Waals surface area contributed by atoms with Crippen LogP contribution in [0.5, 0.6) is 5.75 Å². The van der Waals surface area contributed by atoms with E-state index in [1.807, 2.05) is 31.2 Å². The number of rotatable bonds is 5. The summed E-state index contributed by atoms with van der Waals surface area (Å²) in [5.74, 6) is 0.479. The highest BCUT2D eigenvalue weighted by atomic mass is 16.5. The van der Waals surface area contributed by atoms with Gasteiger partial charge in [-0.15, -0.1) is 0 Å². The molecule has 0 radical (unpaired) electrons. The summed E-state index contributed by atoms with van der Waals surface area (Å²) >= 11 is 0. The van der Waals surface area contributed by atoms with Crippen molar-refractivity contribution in [3.8, 4) is 5.75 Å². The minimum Gasteiger partial charge on any atom is -0.497 e. The standard InChI is InChI=1S/C17H18N4O3/c1-12(13-5-7-15(24-2)8-6-13)19-16(22)11-21-17(23)20-9-3-4-14(20)10-18-21/h3-10,12H,11H2,1-2H3,(H,19,22). The van der Waals surface area contributed by atoms with Crippen LogP contribution in [0.25, 0.3) is 5.52 Å². The summed E-state index contributed by atoms with van der Waals surface area (Å²) in [7, 11) is 1.60. The molecule has 0 aliphatic rings. The summed E-state index contributed by atoms with van der Waals surface area (Å²) in [4.78, 5) is 24.4. The number of hydrogen-bond donors (Lipinski definition) is 1. The topological polar surface area (TPSA) is 77.6 Å². The monoisotopic (exact) mass is 326 g/mol. The summed E-state index contributed by atoms with van der Waals surface area (Å²) in [5.41, 5.74) is 1.30. The van der Waals surface area contributed by atoms with Crippen LogP contribution < -0.4 is 15.7 Å². The van der Waals surface area contributed by atoms with Gasteiger partial charge in [-0.2, -0.15) is 5.10 Å². The Bertz CT molecular complexity index is 911. The highest BCUT2D eigenvalue weighted by Crippen LogP contribution is 2.17. The second kappa shape index (κ2) is 6.57. The van der Waals surface area contributed by atoms with Gasteiger partial charge in [0.15, 0.2) is 0 Å². The van der Waals surface area contributed by atoms with E-state index in [0.29, 0.717) is 5.52 Å². The van der Waals surface area contributed by atoms with Gasteiger partial charge >= 0.3 is 5.69 Å². The molecular formula is C17H18N4O3. The molecule has 0 saturated heterocycles. The molecular weight excluding hydrogens is 308 g/mol. The lowest BCUT2D eigenvalue weighted by molar-refractivity contribution is -0.122. The molecule has 1 unspecified atom stereocenters. The van der Waals surface area contributed by atoms with Gasteiger partial charge in [0.25, 0.3) is 0 Å². The average molecular weight is 326 g/mol. The fraction of sp³-hybridized carbons (Fsp3) is 0.235. The molecule has 7 nitrogen and oxygen atoms in total. The molecule has 2 aromatic heterocycles. The van der Waals surface area contributed by atoms with Crippen molar-refractivity contribution >= 4 is 11.4 Å². The van der Waals surface area contributed by atoms with E-state index in [4.69, 9.17) is 4.74 Å². The molecule has 7 heteroatoms. The number of hydrogen-bond acceptors (Lipinski definition) is 4. The zero-order chi connectivity index (χ0) is 17.1. The smallest absolute Gasteiger partial charge is 0.349 e. The number of aromatic nitrogens is 3. The predicted octanol–water partition coefficient (Wildman–Crippen LogP) is 1.38. The molecule has 0 fully saturated rings. The second-order valence-corrected chi connectivity index (χ2v) is 5.45. The minimum absolute atomic E-state index is 0.131. The molecule has 3 rings (SSSR count). The first-order valence-electron chi connectivity index (χ1n) is 7.55. The van der Waals surface area contributed by atoms with Crippen LogP contribution in [-0.4, -0.2) is 27.2 Å². The lowest BCUT2D eigenvalue weighted by Gasteiger charge is -2.15. The maximum absolute atomic E-state index is 12.2. The highest BCUT2D eigenvalue weighted by Gasteiger charge is 2.12. The maximum Gasteiger partial charge on any atom is 0.349 e. The Morgan fingerprint density at radius 1 is 1.29 bits per heavy atom. The number of carbonyl (C=O) groups excluding carboxylic acids is 1. The van der Waals surface area contributed by atoms with Crippen LogP contribution in [0.2, 0.25) is 0 Å². The Kier molecular flexibility index (Phi) is 4.33. The molecule has 3 aromatic rings. The van der Waals surface area contributed by atoms with Crippen LogP contribution in [0.15, 0.2) is 53.6 Å². The number of fused-ring (bicyclic) bond motifs is 1. The number of carbonyl (C=O) groups is 1. The molecule has 1 aromatic carbocycles. The van der Waals surface area contributed by atoms with Gasteiger partial charge in [0.2, 0.25) is 5.91 Å². The van der Waals surface area contributed by atoms with E-state index in [0.717, 1.165) is 16.0 Å². The van der Waals surface area contributed by atoms with E-state index in [1.165, 1.54) is 4.40 Å². The van der Waals surface area contributed by atoms with Crippen LogP contribution >= 0.6 is 0 Å². The molecule has 0 aliphatic carbocycles. The van der Waals surface area contributed by atoms with E-state index in [2.05, 4.69) is 10.4 Å². The zero-order valence-corrected chi connectivity index (χ0v) is 13.5. The van der Waals surface area contributed by atoms with Gasteiger partial charge in [0, 0.05) is 6.20 Å². The van der Waals surface area contributed by atoms with Gasteiger partial charge in [-0.3, -0.25) is 9.20 Å².